The van der Waals surface area contributed by atoms with E-state index in [4.69, 9.17) is 0 Å². The summed E-state index contributed by atoms with van der Waals surface area (Å²) < 4.78 is 0. The first kappa shape index (κ1) is 17.1. The maximum atomic E-state index is 2.45. The average molecular weight is 213 g/mol. The zero-order chi connectivity index (χ0) is 12.3. The first-order valence-electron chi connectivity index (χ1n) is 6.39. The Morgan fingerprint density at radius 2 is 1.27 bits per heavy atom. The lowest BCUT2D eigenvalue weighted by Gasteiger charge is -2.16. The summed E-state index contributed by atoms with van der Waals surface area (Å²) >= 11 is 0. The molecule has 1 nitrogen and oxygen atoms in total. The third-order valence-electron chi connectivity index (χ3n) is 1.52. The molecule has 0 radical (unpaired) electrons. The lowest BCUT2D eigenvalue weighted by atomic mass is 10.2. The number of hydrogen-bond donors (Lipinski definition) is 0. The van der Waals surface area contributed by atoms with Crippen molar-refractivity contribution < 1.29 is 0 Å². The number of nitrogens with zero attached hydrogens (tertiary/aromatic N) is 1. The van der Waals surface area contributed by atoms with E-state index >= 15 is 0 Å². The Hall–Kier alpha value is -0.300. The van der Waals surface area contributed by atoms with Gasteiger partial charge >= 0.3 is 0 Å². The maximum absolute atomic E-state index is 2.45. The summed E-state index contributed by atoms with van der Waals surface area (Å²) in [7, 11) is 0. The highest BCUT2D eigenvalue weighted by Gasteiger charge is 2.06. The van der Waals surface area contributed by atoms with Gasteiger partial charge in [-0.3, -0.25) is 4.90 Å². The first-order valence-corrected chi connectivity index (χ1v) is 6.39. The molecule has 0 aromatic rings. The van der Waals surface area contributed by atoms with E-state index in [1.54, 1.807) is 0 Å². The fourth-order valence-electron chi connectivity index (χ4n) is 1.19. The third-order valence-corrected chi connectivity index (χ3v) is 1.52. The molecule has 0 unspecified atom stereocenters. The molecule has 0 saturated carbocycles. The molecule has 0 N–H and O–H groups in total. The highest BCUT2D eigenvalue weighted by molar-refractivity contribution is 4.95. The third kappa shape index (κ3) is 16.4. The Morgan fingerprint density at radius 3 is 1.53 bits per heavy atom. The van der Waals surface area contributed by atoms with Crippen LogP contribution in [-0.2, 0) is 0 Å². The molecular weight excluding hydrogens is 182 g/mol. The van der Waals surface area contributed by atoms with Gasteiger partial charge in [0.05, 0.1) is 0 Å². The highest BCUT2D eigenvalue weighted by atomic mass is 15.1. The molecule has 0 fully saturated rings. The van der Waals surface area contributed by atoms with Crippen molar-refractivity contribution in [3.05, 3.63) is 12.2 Å². The Balaban J connectivity index is 0. The van der Waals surface area contributed by atoms with Crippen molar-refractivity contribution in [1.29, 1.82) is 0 Å². The molecule has 0 amide bonds. The second-order valence-electron chi connectivity index (χ2n) is 4.82. The van der Waals surface area contributed by atoms with Crippen molar-refractivity contribution in [3.63, 3.8) is 0 Å². The minimum Gasteiger partial charge on any atom is -0.296 e. The molecule has 0 bridgehead atoms. The minimum absolute atomic E-state index is 0.810. The van der Waals surface area contributed by atoms with Crippen molar-refractivity contribution in [3.8, 4) is 0 Å². The summed E-state index contributed by atoms with van der Waals surface area (Å²) in [6, 6.07) is 0. The van der Waals surface area contributed by atoms with E-state index in [1.807, 2.05) is 13.8 Å². The van der Waals surface area contributed by atoms with Gasteiger partial charge in [-0.2, -0.15) is 0 Å². The van der Waals surface area contributed by atoms with Crippen LogP contribution in [-0.4, -0.2) is 24.5 Å². The molecule has 1 rings (SSSR count). The quantitative estimate of drug-likeness (QED) is 0.621. The van der Waals surface area contributed by atoms with Gasteiger partial charge in [-0.15, -0.1) is 0 Å². The zero-order valence-electron chi connectivity index (χ0n) is 11.9. The van der Waals surface area contributed by atoms with E-state index in [2.05, 4.69) is 51.7 Å². The summed E-state index contributed by atoms with van der Waals surface area (Å²) in [6.07, 6.45) is 4.48. The van der Waals surface area contributed by atoms with Crippen LogP contribution in [0, 0.1) is 11.8 Å². The van der Waals surface area contributed by atoms with Gasteiger partial charge < -0.3 is 0 Å². The monoisotopic (exact) mass is 213 g/mol. The summed E-state index contributed by atoms with van der Waals surface area (Å²) in [5.74, 6) is 1.64. The summed E-state index contributed by atoms with van der Waals surface area (Å²) in [6.45, 7) is 18.6. The van der Waals surface area contributed by atoms with Crippen LogP contribution < -0.4 is 0 Å². The van der Waals surface area contributed by atoms with Crippen LogP contribution >= 0.6 is 0 Å². The molecule has 1 aliphatic rings. The Kier molecular flexibility index (Phi) is 13.4. The van der Waals surface area contributed by atoms with Crippen LogP contribution in [0.25, 0.3) is 0 Å². The topological polar surface area (TPSA) is 3.24 Å². The van der Waals surface area contributed by atoms with Gasteiger partial charge in [0.15, 0.2) is 0 Å². The minimum atomic E-state index is 0.810. The molecular formula is C14H31N. The lowest BCUT2D eigenvalue weighted by Crippen LogP contribution is -2.24. The van der Waals surface area contributed by atoms with Crippen LogP contribution in [0.3, 0.4) is 0 Å². The van der Waals surface area contributed by atoms with Crippen LogP contribution in [0.1, 0.15) is 48.5 Å². The number of hydrogen-bond acceptors (Lipinski definition) is 1. The SMILES string of the molecule is CC.CC(C)C.CC(C)CN1CC=CC1. The molecule has 92 valence electrons. The van der Waals surface area contributed by atoms with Gasteiger partial charge in [-0.1, -0.05) is 60.6 Å². The molecule has 0 aromatic heterocycles. The van der Waals surface area contributed by atoms with Crippen LogP contribution in [0.15, 0.2) is 12.2 Å². The molecule has 1 aliphatic heterocycles. The second-order valence-corrected chi connectivity index (χ2v) is 4.82. The van der Waals surface area contributed by atoms with Crippen LogP contribution in [0.4, 0.5) is 0 Å². The largest absolute Gasteiger partial charge is 0.296 e. The Bertz CT molecular complexity index is 126. The molecule has 0 saturated heterocycles. The fraction of sp³-hybridized carbons (Fsp3) is 0.857. The van der Waals surface area contributed by atoms with E-state index < -0.39 is 0 Å². The van der Waals surface area contributed by atoms with Crippen molar-refractivity contribution in [2.24, 2.45) is 11.8 Å². The average Bonchev–Trinajstić information content (AvgIpc) is 2.58. The predicted octanol–water partition coefficient (Wildman–Crippen LogP) is 4.20. The molecule has 0 atom stereocenters. The first-order chi connectivity index (χ1) is 7.02. The van der Waals surface area contributed by atoms with Gasteiger partial charge in [0.25, 0.3) is 0 Å². The van der Waals surface area contributed by atoms with Crippen LogP contribution in [0.5, 0.6) is 0 Å². The van der Waals surface area contributed by atoms with Crippen molar-refractivity contribution in [2.45, 2.75) is 48.5 Å². The Morgan fingerprint density at radius 1 is 0.933 bits per heavy atom. The van der Waals surface area contributed by atoms with E-state index in [0.717, 1.165) is 24.9 Å². The van der Waals surface area contributed by atoms with Gasteiger partial charge in [0, 0.05) is 19.6 Å². The van der Waals surface area contributed by atoms with E-state index in [-0.39, 0.29) is 0 Å². The summed E-state index contributed by atoms with van der Waals surface area (Å²) in [5, 5.41) is 0. The lowest BCUT2D eigenvalue weighted by molar-refractivity contribution is 0.309. The second kappa shape index (κ2) is 11.8. The van der Waals surface area contributed by atoms with E-state index in [1.165, 1.54) is 6.54 Å². The summed E-state index contributed by atoms with van der Waals surface area (Å²) in [4.78, 5) is 2.45. The maximum Gasteiger partial charge on any atom is 0.0167 e. The van der Waals surface area contributed by atoms with Gasteiger partial charge in [0.2, 0.25) is 0 Å². The number of rotatable bonds is 2. The van der Waals surface area contributed by atoms with Crippen molar-refractivity contribution in [2.75, 3.05) is 19.6 Å². The van der Waals surface area contributed by atoms with E-state index in [0.29, 0.717) is 0 Å². The molecule has 1 heteroatoms. The van der Waals surface area contributed by atoms with Gasteiger partial charge in [0.1, 0.15) is 0 Å². The van der Waals surface area contributed by atoms with Crippen LogP contribution in [0.2, 0.25) is 0 Å². The predicted molar refractivity (Wildman–Crippen MR) is 72.3 cm³/mol. The smallest absolute Gasteiger partial charge is 0.0167 e. The van der Waals surface area contributed by atoms with Crippen molar-refractivity contribution in [1.82, 2.24) is 4.90 Å². The molecule has 0 spiro atoms. The summed E-state index contributed by atoms with van der Waals surface area (Å²) in [5.41, 5.74) is 0. The van der Waals surface area contributed by atoms with E-state index in [9.17, 15) is 0 Å². The van der Waals surface area contributed by atoms with Gasteiger partial charge in [-0.25, -0.2) is 0 Å². The Labute approximate surface area is 97.6 Å². The molecule has 0 aliphatic carbocycles. The van der Waals surface area contributed by atoms with Gasteiger partial charge in [-0.05, 0) is 11.8 Å². The molecule has 1 heterocycles. The molecule has 0 aromatic carbocycles. The molecule has 15 heavy (non-hydrogen) atoms. The fourth-order valence-corrected chi connectivity index (χ4v) is 1.19. The standard InChI is InChI=1S/C8H15N.C4H10.C2H6/c1-8(2)7-9-5-3-4-6-9;1-4(2)3;1-2/h3-4,8H,5-7H2,1-2H3;4H,1-3H3;1-2H3. The zero-order valence-corrected chi connectivity index (χ0v) is 11.9. The van der Waals surface area contributed by atoms with Crippen molar-refractivity contribution >= 4 is 0 Å². The normalized spacial score (nSPS) is 14.7. The highest BCUT2D eigenvalue weighted by Crippen LogP contribution is 2.02.